The Bertz CT molecular complexity index is 991. The van der Waals surface area contributed by atoms with E-state index in [1.807, 2.05) is 54.6 Å². The summed E-state index contributed by atoms with van der Waals surface area (Å²) in [5.74, 6) is -0.393. The summed E-state index contributed by atoms with van der Waals surface area (Å²) in [5, 5.41) is 6.30. The van der Waals surface area contributed by atoms with Crippen LogP contribution >= 0.6 is 11.8 Å². The second kappa shape index (κ2) is 10.6. The molecule has 2 amide bonds. The second-order valence-corrected chi connectivity index (χ2v) is 7.95. The number of hydrogen-bond donors (Lipinski definition) is 3. The minimum absolute atomic E-state index is 0.1000. The Labute approximate surface area is 181 Å². The smallest absolute Gasteiger partial charge is 0.238 e. The van der Waals surface area contributed by atoms with Crippen LogP contribution in [0.1, 0.15) is 22.7 Å². The first-order valence-corrected chi connectivity index (χ1v) is 10.7. The van der Waals surface area contributed by atoms with Gasteiger partial charge in [0.2, 0.25) is 11.8 Å². The average molecular weight is 420 g/mol. The van der Waals surface area contributed by atoms with Crippen LogP contribution in [0, 0.1) is 6.92 Å². The van der Waals surface area contributed by atoms with E-state index < -0.39 is 5.91 Å². The highest BCUT2D eigenvalue weighted by molar-refractivity contribution is 8.00. The molecule has 3 aromatic rings. The summed E-state index contributed by atoms with van der Waals surface area (Å²) in [7, 11) is 0. The molecule has 1 atom stereocenters. The minimum Gasteiger partial charge on any atom is -0.369 e. The number of amides is 2. The van der Waals surface area contributed by atoms with Crippen molar-refractivity contribution in [1.29, 1.82) is 0 Å². The van der Waals surface area contributed by atoms with Crippen molar-refractivity contribution in [3.63, 3.8) is 0 Å². The molecular weight excluding hydrogens is 394 g/mol. The maximum absolute atomic E-state index is 12.6. The van der Waals surface area contributed by atoms with Gasteiger partial charge in [-0.3, -0.25) is 14.9 Å². The third kappa shape index (κ3) is 6.20. The number of anilines is 1. The molecule has 154 valence electrons. The van der Waals surface area contributed by atoms with Gasteiger partial charge in [0.05, 0.1) is 24.0 Å². The summed E-state index contributed by atoms with van der Waals surface area (Å²) >= 11 is 1.31. The molecule has 0 heterocycles. The Hall–Kier alpha value is -3.09. The number of primary amides is 1. The molecule has 3 aromatic carbocycles. The molecule has 0 bridgehead atoms. The Morgan fingerprint density at radius 1 is 0.900 bits per heavy atom. The molecule has 0 fully saturated rings. The normalized spacial score (nSPS) is 11.6. The van der Waals surface area contributed by atoms with E-state index in [9.17, 15) is 9.59 Å². The highest BCUT2D eigenvalue weighted by Crippen LogP contribution is 2.27. The van der Waals surface area contributed by atoms with Crippen molar-refractivity contribution in [3.05, 3.63) is 95.6 Å². The standard InChI is InChI=1S/C24H25N3O2S/c1-17-11-13-19(14-12-17)24(18-7-3-2-4-8-18)26-15-23(29)27-20-9-5-6-10-21(20)30-16-22(25)28/h2-14,24,26H,15-16H2,1H3,(H2,25,28)(H,27,29)/t24-/m0/s1. The molecule has 0 saturated heterocycles. The largest absolute Gasteiger partial charge is 0.369 e. The highest BCUT2D eigenvalue weighted by Gasteiger charge is 2.15. The molecule has 0 spiro atoms. The first-order chi connectivity index (χ1) is 14.5. The molecule has 0 saturated carbocycles. The van der Waals surface area contributed by atoms with E-state index in [0.29, 0.717) is 5.69 Å². The molecule has 0 radical (unpaired) electrons. The minimum atomic E-state index is -0.397. The van der Waals surface area contributed by atoms with E-state index in [1.54, 1.807) is 0 Å². The van der Waals surface area contributed by atoms with Gasteiger partial charge in [0.25, 0.3) is 0 Å². The first kappa shape index (κ1) is 21.6. The Kier molecular flexibility index (Phi) is 7.65. The highest BCUT2D eigenvalue weighted by atomic mass is 32.2. The van der Waals surface area contributed by atoms with E-state index in [4.69, 9.17) is 5.73 Å². The Morgan fingerprint density at radius 3 is 2.23 bits per heavy atom. The van der Waals surface area contributed by atoms with Crippen molar-refractivity contribution in [2.45, 2.75) is 17.9 Å². The maximum Gasteiger partial charge on any atom is 0.238 e. The van der Waals surface area contributed by atoms with E-state index in [-0.39, 0.29) is 24.2 Å². The number of aryl methyl sites for hydroxylation is 1. The number of nitrogens with two attached hydrogens (primary N) is 1. The number of rotatable bonds is 9. The van der Waals surface area contributed by atoms with Crippen LogP contribution in [0.15, 0.2) is 83.8 Å². The first-order valence-electron chi connectivity index (χ1n) is 9.68. The molecule has 4 N–H and O–H groups in total. The fourth-order valence-electron chi connectivity index (χ4n) is 3.07. The third-order valence-corrected chi connectivity index (χ3v) is 5.64. The SMILES string of the molecule is Cc1ccc([C@@H](NCC(=O)Nc2ccccc2SCC(N)=O)c2ccccc2)cc1. The van der Waals surface area contributed by atoms with Gasteiger partial charge >= 0.3 is 0 Å². The molecule has 5 nitrogen and oxygen atoms in total. The van der Waals surface area contributed by atoms with E-state index in [0.717, 1.165) is 16.0 Å². The monoisotopic (exact) mass is 419 g/mol. The van der Waals surface area contributed by atoms with Gasteiger partial charge in [-0.25, -0.2) is 0 Å². The quantitative estimate of drug-likeness (QED) is 0.460. The fraction of sp³-hybridized carbons (Fsp3) is 0.167. The number of nitrogens with one attached hydrogen (secondary N) is 2. The van der Waals surface area contributed by atoms with Crippen molar-refractivity contribution in [2.24, 2.45) is 5.73 Å². The zero-order chi connectivity index (χ0) is 21.3. The van der Waals surface area contributed by atoms with Crippen LogP contribution in [0.25, 0.3) is 0 Å². The topological polar surface area (TPSA) is 84.2 Å². The molecule has 0 aliphatic heterocycles. The summed E-state index contributed by atoms with van der Waals surface area (Å²) < 4.78 is 0. The van der Waals surface area contributed by atoms with Crippen LogP contribution in [-0.4, -0.2) is 24.1 Å². The molecule has 0 aliphatic carbocycles. The van der Waals surface area contributed by atoms with Crippen LogP contribution in [0.5, 0.6) is 0 Å². The molecule has 30 heavy (non-hydrogen) atoms. The van der Waals surface area contributed by atoms with Gasteiger partial charge in [-0.2, -0.15) is 0 Å². The van der Waals surface area contributed by atoms with E-state index in [2.05, 4.69) is 41.8 Å². The molecule has 6 heteroatoms. The van der Waals surface area contributed by atoms with Gasteiger partial charge in [0, 0.05) is 4.90 Å². The van der Waals surface area contributed by atoms with Crippen LogP contribution in [0.2, 0.25) is 0 Å². The Balaban J connectivity index is 1.69. The number of carbonyl (C=O) groups excluding carboxylic acids is 2. The summed E-state index contributed by atoms with van der Waals surface area (Å²) in [6.07, 6.45) is 0. The number of benzene rings is 3. The summed E-state index contributed by atoms with van der Waals surface area (Å²) in [4.78, 5) is 24.5. The average Bonchev–Trinajstić information content (AvgIpc) is 2.75. The van der Waals surface area contributed by atoms with Gasteiger partial charge < -0.3 is 11.1 Å². The number of hydrogen-bond acceptors (Lipinski definition) is 4. The van der Waals surface area contributed by atoms with E-state index >= 15 is 0 Å². The van der Waals surface area contributed by atoms with Crippen molar-refractivity contribution >= 4 is 29.3 Å². The zero-order valence-electron chi connectivity index (χ0n) is 16.8. The van der Waals surface area contributed by atoms with Crippen LogP contribution < -0.4 is 16.4 Å². The lowest BCUT2D eigenvalue weighted by atomic mass is 9.98. The van der Waals surface area contributed by atoms with Crippen molar-refractivity contribution in [3.8, 4) is 0 Å². The van der Waals surface area contributed by atoms with E-state index in [1.165, 1.54) is 17.3 Å². The maximum atomic E-state index is 12.6. The van der Waals surface area contributed by atoms with Gasteiger partial charge in [-0.1, -0.05) is 72.3 Å². The van der Waals surface area contributed by atoms with Crippen LogP contribution in [0.3, 0.4) is 0 Å². The van der Waals surface area contributed by atoms with Crippen molar-refractivity contribution in [2.75, 3.05) is 17.6 Å². The van der Waals surface area contributed by atoms with Crippen LogP contribution in [-0.2, 0) is 9.59 Å². The second-order valence-electron chi connectivity index (χ2n) is 6.93. The summed E-state index contributed by atoms with van der Waals surface area (Å²) in [6.45, 7) is 2.19. The van der Waals surface area contributed by atoms with Gasteiger partial charge in [-0.05, 0) is 30.2 Å². The number of para-hydroxylation sites is 1. The summed E-state index contributed by atoms with van der Waals surface area (Å²) in [5.41, 5.74) is 9.28. The lowest BCUT2D eigenvalue weighted by Crippen LogP contribution is -2.32. The van der Waals surface area contributed by atoms with Gasteiger partial charge in [-0.15, -0.1) is 11.8 Å². The number of carbonyl (C=O) groups is 2. The molecule has 0 unspecified atom stereocenters. The third-order valence-electron chi connectivity index (χ3n) is 4.54. The molecular formula is C24H25N3O2S. The van der Waals surface area contributed by atoms with Crippen LogP contribution in [0.4, 0.5) is 5.69 Å². The van der Waals surface area contributed by atoms with Gasteiger partial charge in [0.15, 0.2) is 0 Å². The lowest BCUT2D eigenvalue weighted by molar-refractivity contribution is -0.116. The molecule has 0 aromatic heterocycles. The zero-order valence-corrected chi connectivity index (χ0v) is 17.6. The molecule has 0 aliphatic rings. The van der Waals surface area contributed by atoms with Gasteiger partial charge in [0.1, 0.15) is 0 Å². The van der Waals surface area contributed by atoms with Crippen molar-refractivity contribution in [1.82, 2.24) is 5.32 Å². The number of thioether (sulfide) groups is 1. The lowest BCUT2D eigenvalue weighted by Gasteiger charge is -2.20. The van der Waals surface area contributed by atoms with Crippen molar-refractivity contribution < 1.29 is 9.59 Å². The fourth-order valence-corrected chi connectivity index (χ4v) is 3.81. The summed E-state index contributed by atoms with van der Waals surface area (Å²) in [6, 6.07) is 25.6. The molecule has 3 rings (SSSR count). The predicted octanol–water partition coefficient (Wildman–Crippen LogP) is 3.89. The Morgan fingerprint density at radius 2 is 1.53 bits per heavy atom. The predicted molar refractivity (Wildman–Crippen MR) is 122 cm³/mol.